The van der Waals surface area contributed by atoms with E-state index < -0.39 is 87.4 Å². The second-order valence-corrected chi connectivity index (χ2v) is 15.7. The molecule has 4 fully saturated rings. The number of aliphatic hydroxyl groups is 2. The highest BCUT2D eigenvalue weighted by Crippen LogP contribution is 2.72. The predicted molar refractivity (Wildman–Crippen MR) is 156 cm³/mol. The van der Waals surface area contributed by atoms with Crippen LogP contribution in [0.2, 0.25) is 0 Å². The van der Waals surface area contributed by atoms with E-state index in [1.165, 1.54) is 23.5 Å². The zero-order valence-electron chi connectivity index (χ0n) is 23.2. The third kappa shape index (κ3) is 4.64. The van der Waals surface area contributed by atoms with Crippen molar-refractivity contribution in [3.8, 4) is 0 Å². The van der Waals surface area contributed by atoms with E-state index in [-0.39, 0.29) is 22.9 Å². The van der Waals surface area contributed by atoms with Gasteiger partial charge in [-0.1, -0.05) is 0 Å². The molecule has 11 atom stereocenters. The van der Waals surface area contributed by atoms with Gasteiger partial charge in [0.05, 0.1) is 31.9 Å². The number of hydrogen-bond donors (Lipinski definition) is 7. The van der Waals surface area contributed by atoms with E-state index in [0.717, 1.165) is 0 Å². The maximum absolute atomic E-state index is 13.3. The van der Waals surface area contributed by atoms with Crippen LogP contribution < -0.4 is 17.0 Å². The zero-order valence-corrected chi connectivity index (χ0v) is 25.8. The monoisotopic (exact) mass is 700 g/mol. The smallest absolute Gasteiger partial charge is 0.388 e. The molecule has 2 unspecified atom stereocenters. The van der Waals surface area contributed by atoms with Crippen molar-refractivity contribution in [1.82, 2.24) is 39.0 Å². The largest absolute Gasteiger partial charge is 0.472 e. The van der Waals surface area contributed by atoms with Crippen molar-refractivity contribution < 1.29 is 47.4 Å². The van der Waals surface area contributed by atoms with Crippen LogP contribution in [0.5, 0.6) is 0 Å². The van der Waals surface area contributed by atoms with Crippen LogP contribution in [0, 0.1) is 11.3 Å². The van der Waals surface area contributed by atoms with Crippen LogP contribution in [0.15, 0.2) is 23.8 Å². The molecule has 0 radical (unpaired) electrons. The molecule has 2 saturated carbocycles. The van der Waals surface area contributed by atoms with Gasteiger partial charge < -0.3 is 49.8 Å². The fourth-order valence-electron chi connectivity index (χ4n) is 6.83. The molecule has 9 N–H and O–H groups in total. The van der Waals surface area contributed by atoms with Crippen LogP contribution in [-0.2, 0) is 39.2 Å². The van der Waals surface area contributed by atoms with Crippen molar-refractivity contribution in [1.29, 1.82) is 0 Å². The number of aliphatic hydroxyl groups excluding tert-OH is 2. The number of phosphoric acid groups is 1. The number of nitrogens with one attached hydrogen (secondary N) is 1. The molecule has 0 bridgehead atoms. The number of aromatic nitrogens is 8. The molecular formula is C22H26N10O11P2S. The number of anilines is 2. The number of imidazole rings is 2. The molecule has 2 saturated heterocycles. The summed E-state index contributed by atoms with van der Waals surface area (Å²) < 4.78 is 44.5. The highest BCUT2D eigenvalue weighted by atomic mass is 32.5. The Labute approximate surface area is 261 Å². The molecule has 1 spiro atoms. The van der Waals surface area contributed by atoms with Crippen molar-refractivity contribution in [3.05, 3.63) is 29.3 Å². The molecule has 2 aliphatic heterocycles. The number of H-pyrrole nitrogens is 1. The van der Waals surface area contributed by atoms with Gasteiger partial charge in [-0.15, -0.1) is 0 Å². The van der Waals surface area contributed by atoms with Gasteiger partial charge in [0.15, 0.2) is 28.9 Å². The first kappa shape index (κ1) is 30.4. The summed E-state index contributed by atoms with van der Waals surface area (Å²) >= 11 is 5.31. The van der Waals surface area contributed by atoms with Gasteiger partial charge in [-0.3, -0.25) is 23.4 Å². The number of ether oxygens (including phenoxy) is 1. The molecular weight excluding hydrogens is 674 g/mol. The Hall–Kier alpha value is -2.98. The standard InChI is InChI=1S/C22H26N10O11P2S/c23-16-9-17(26-4-25-16)31(5-27-9)11-7-1-22(7)3-40-44(36,37)42-14-8(2-39-45(38,46)43-15(22)12(11)33)41-20(13(14)34)32-6-28-10-18(32)29-21(24)30-19(10)35/h4-8,11-15,20,33-34H,1-3H2,(H,36,37)(H,38,46)(H2,23,25,26)(H3,24,29,30,35)/t7-,8-,11-,12+,13-,14-,15+,20-,22+,45?/m1/s1. The molecule has 8 rings (SSSR count). The lowest BCUT2D eigenvalue weighted by molar-refractivity contribution is -0.0607. The molecule has 4 aliphatic rings. The van der Waals surface area contributed by atoms with Crippen LogP contribution in [0.4, 0.5) is 11.8 Å². The third-order valence-electron chi connectivity index (χ3n) is 8.96. The number of nitrogens with zero attached hydrogens (tertiary/aromatic N) is 7. The molecule has 0 amide bonds. The van der Waals surface area contributed by atoms with Gasteiger partial charge in [0.1, 0.15) is 42.4 Å². The fraction of sp³-hybridized carbons (Fsp3) is 0.545. The van der Waals surface area contributed by atoms with Gasteiger partial charge in [0.2, 0.25) is 5.95 Å². The third-order valence-corrected chi connectivity index (χ3v) is 11.5. The summed E-state index contributed by atoms with van der Waals surface area (Å²) in [6.45, 7) is -5.19. The number of rotatable bonds is 2. The van der Waals surface area contributed by atoms with Gasteiger partial charge in [-0.05, 0) is 24.1 Å². The summed E-state index contributed by atoms with van der Waals surface area (Å²) in [6.07, 6.45) is -4.27. The maximum atomic E-state index is 13.3. The van der Waals surface area contributed by atoms with E-state index in [1.54, 1.807) is 4.57 Å². The van der Waals surface area contributed by atoms with Crippen molar-refractivity contribution in [2.75, 3.05) is 24.7 Å². The Kier molecular flexibility index (Phi) is 6.77. The van der Waals surface area contributed by atoms with Gasteiger partial charge in [-0.2, -0.15) is 4.98 Å². The second kappa shape index (κ2) is 10.3. The number of hydrogen-bond acceptors (Lipinski definition) is 17. The minimum absolute atomic E-state index is 0.0439. The first-order valence-corrected chi connectivity index (χ1v) is 17.9. The fourth-order valence-corrected chi connectivity index (χ4v) is 9.34. The maximum Gasteiger partial charge on any atom is 0.472 e. The van der Waals surface area contributed by atoms with Crippen LogP contribution in [0.3, 0.4) is 0 Å². The number of aromatic amines is 1. The summed E-state index contributed by atoms with van der Waals surface area (Å²) in [7, 11) is -4.94. The van der Waals surface area contributed by atoms with Gasteiger partial charge in [-0.25, -0.2) is 24.5 Å². The quantitative estimate of drug-likeness (QED) is 0.116. The number of nitrogen functional groups attached to an aromatic ring is 2. The molecule has 21 nitrogen and oxygen atoms in total. The summed E-state index contributed by atoms with van der Waals surface area (Å²) in [6, 6.07) is -0.725. The lowest BCUT2D eigenvalue weighted by Gasteiger charge is -2.33. The van der Waals surface area contributed by atoms with E-state index in [1.807, 2.05) is 0 Å². The molecule has 4 aromatic heterocycles. The Bertz CT molecular complexity index is 2040. The average Bonchev–Trinajstić information content (AvgIpc) is 3.25. The van der Waals surface area contributed by atoms with Crippen molar-refractivity contribution >= 4 is 60.4 Å². The highest BCUT2D eigenvalue weighted by molar-refractivity contribution is 8.07. The molecule has 2 aliphatic carbocycles. The Balaban J connectivity index is 1.11. The van der Waals surface area contributed by atoms with Crippen molar-refractivity contribution in [2.45, 2.75) is 49.2 Å². The van der Waals surface area contributed by atoms with E-state index in [0.29, 0.717) is 17.6 Å². The minimum atomic E-state index is -4.94. The summed E-state index contributed by atoms with van der Waals surface area (Å²) in [5.41, 5.74) is 10.4. The summed E-state index contributed by atoms with van der Waals surface area (Å²) in [5, 5.41) is 22.8. The lowest BCUT2D eigenvalue weighted by atomic mass is 10.0. The molecule has 0 aromatic carbocycles. The van der Waals surface area contributed by atoms with Gasteiger partial charge >= 0.3 is 14.5 Å². The Morgan fingerprint density at radius 2 is 1.78 bits per heavy atom. The van der Waals surface area contributed by atoms with E-state index >= 15 is 0 Å². The Morgan fingerprint density at radius 1 is 1.02 bits per heavy atom. The van der Waals surface area contributed by atoms with Gasteiger partial charge in [0, 0.05) is 5.41 Å². The minimum Gasteiger partial charge on any atom is -0.388 e. The van der Waals surface area contributed by atoms with Crippen LogP contribution >= 0.6 is 14.5 Å². The average molecular weight is 701 g/mol. The normalized spacial score (nSPS) is 41.0. The SMILES string of the molecule is Nc1nc2c(ncn2[C@@H]2O[C@@H]3COP(O)(=S)O[C@H]4[C@@H](O)[C@H](n5cnc6c(N)ncnc65)[C@H]5C[C@]54COP(=O)(O)O[C@H]3[C@H]2O)c(=O)[nH]1. The van der Waals surface area contributed by atoms with Crippen molar-refractivity contribution in [3.63, 3.8) is 0 Å². The molecule has 246 valence electrons. The summed E-state index contributed by atoms with van der Waals surface area (Å²) in [5.74, 6) is -0.498. The van der Waals surface area contributed by atoms with Gasteiger partial charge in [0.25, 0.3) is 5.56 Å². The Morgan fingerprint density at radius 3 is 2.59 bits per heavy atom. The topological polar surface area (TPSA) is 303 Å². The first-order valence-electron chi connectivity index (χ1n) is 13.8. The highest BCUT2D eigenvalue weighted by Gasteiger charge is 2.74. The van der Waals surface area contributed by atoms with Crippen LogP contribution in [0.1, 0.15) is 18.7 Å². The lowest BCUT2D eigenvalue weighted by Crippen LogP contribution is -2.39. The van der Waals surface area contributed by atoms with Crippen LogP contribution in [-0.4, -0.2) is 103 Å². The van der Waals surface area contributed by atoms with Crippen LogP contribution in [0.25, 0.3) is 22.3 Å². The predicted octanol–water partition coefficient (Wildman–Crippen LogP) is -1.56. The molecule has 4 aromatic rings. The zero-order chi connectivity index (χ0) is 32.3. The number of fused-ring (bicyclic) bond motifs is 3. The van der Waals surface area contributed by atoms with E-state index in [2.05, 4.69) is 29.9 Å². The van der Waals surface area contributed by atoms with Crippen molar-refractivity contribution in [2.24, 2.45) is 11.3 Å². The number of phosphoric ester groups is 1. The number of nitrogens with two attached hydrogens (primary N) is 2. The van der Waals surface area contributed by atoms with E-state index in [4.69, 9.17) is 46.1 Å². The summed E-state index contributed by atoms with van der Waals surface area (Å²) in [4.78, 5) is 57.0. The molecule has 46 heavy (non-hydrogen) atoms. The van der Waals surface area contributed by atoms with E-state index in [9.17, 15) is 29.4 Å². The second-order valence-electron chi connectivity index (χ2n) is 11.5. The molecule has 6 heterocycles. The molecule has 24 heteroatoms. The first-order chi connectivity index (χ1) is 21.8.